The Balaban J connectivity index is 2.00. The van der Waals surface area contributed by atoms with Gasteiger partial charge in [0.15, 0.2) is 0 Å². The van der Waals surface area contributed by atoms with Gasteiger partial charge in [0, 0.05) is 31.2 Å². The van der Waals surface area contributed by atoms with Crippen molar-refractivity contribution in [1.82, 2.24) is 9.80 Å². The average molecular weight is 212 g/mol. The fraction of sp³-hybridized carbons (Fsp3) is 1.00. The second-order valence-corrected chi connectivity index (χ2v) is 5.32. The molecule has 3 nitrogen and oxygen atoms in total. The van der Waals surface area contributed by atoms with Crippen molar-refractivity contribution < 1.29 is 5.11 Å². The largest absolute Gasteiger partial charge is 0.392 e. The van der Waals surface area contributed by atoms with Crippen molar-refractivity contribution in [1.29, 1.82) is 0 Å². The zero-order chi connectivity index (χ0) is 11.0. The Morgan fingerprint density at radius 3 is 2.67 bits per heavy atom. The normalized spacial score (nSPS) is 37.6. The molecule has 2 heterocycles. The van der Waals surface area contributed by atoms with Crippen LogP contribution in [0.15, 0.2) is 0 Å². The monoisotopic (exact) mass is 212 g/mol. The molecule has 3 heteroatoms. The number of rotatable bonds is 2. The lowest BCUT2D eigenvalue weighted by atomic mass is 10.0. The van der Waals surface area contributed by atoms with Gasteiger partial charge >= 0.3 is 0 Å². The standard InChI is InChI=1S/C12H24N2O/c1-9-7-13-6-4-5-12(13)8-14(9)10(2)11(3)15/h9-12,15H,4-8H2,1-3H3. The van der Waals surface area contributed by atoms with E-state index >= 15 is 0 Å². The molecule has 2 aliphatic heterocycles. The summed E-state index contributed by atoms with van der Waals surface area (Å²) in [6, 6.07) is 1.63. The van der Waals surface area contributed by atoms with E-state index in [-0.39, 0.29) is 6.10 Å². The Hall–Kier alpha value is -0.120. The summed E-state index contributed by atoms with van der Waals surface area (Å²) in [7, 11) is 0. The fourth-order valence-electron chi connectivity index (χ4n) is 3.05. The molecule has 0 aliphatic carbocycles. The third-order valence-corrected chi connectivity index (χ3v) is 4.21. The first-order chi connectivity index (χ1) is 7.09. The third-order valence-electron chi connectivity index (χ3n) is 4.21. The fourth-order valence-corrected chi connectivity index (χ4v) is 3.05. The maximum Gasteiger partial charge on any atom is 0.0664 e. The zero-order valence-corrected chi connectivity index (χ0v) is 10.2. The van der Waals surface area contributed by atoms with Gasteiger partial charge in [0.25, 0.3) is 0 Å². The van der Waals surface area contributed by atoms with Crippen molar-refractivity contribution in [2.24, 2.45) is 0 Å². The van der Waals surface area contributed by atoms with E-state index in [0.717, 1.165) is 12.6 Å². The van der Waals surface area contributed by atoms with E-state index in [4.69, 9.17) is 0 Å². The molecule has 15 heavy (non-hydrogen) atoms. The molecule has 2 fully saturated rings. The summed E-state index contributed by atoms with van der Waals surface area (Å²) >= 11 is 0. The van der Waals surface area contributed by atoms with Crippen LogP contribution in [0.3, 0.4) is 0 Å². The Morgan fingerprint density at radius 1 is 1.27 bits per heavy atom. The van der Waals surface area contributed by atoms with Gasteiger partial charge in [-0.25, -0.2) is 0 Å². The highest BCUT2D eigenvalue weighted by Gasteiger charge is 2.36. The predicted molar refractivity (Wildman–Crippen MR) is 61.9 cm³/mol. The van der Waals surface area contributed by atoms with Crippen molar-refractivity contribution in [3.63, 3.8) is 0 Å². The molecule has 2 aliphatic rings. The molecule has 0 amide bonds. The molecule has 0 aromatic heterocycles. The Morgan fingerprint density at radius 2 is 2.00 bits per heavy atom. The van der Waals surface area contributed by atoms with Crippen LogP contribution in [0.1, 0.15) is 33.6 Å². The number of aliphatic hydroxyl groups excluding tert-OH is 1. The Kier molecular flexibility index (Phi) is 3.33. The molecule has 0 saturated carbocycles. The van der Waals surface area contributed by atoms with Crippen molar-refractivity contribution in [2.75, 3.05) is 19.6 Å². The van der Waals surface area contributed by atoms with Crippen molar-refractivity contribution >= 4 is 0 Å². The minimum atomic E-state index is -0.222. The first-order valence-corrected chi connectivity index (χ1v) is 6.27. The molecule has 0 radical (unpaired) electrons. The molecule has 4 atom stereocenters. The van der Waals surface area contributed by atoms with Crippen LogP contribution in [0.4, 0.5) is 0 Å². The van der Waals surface area contributed by atoms with Crippen LogP contribution in [0.25, 0.3) is 0 Å². The van der Waals surface area contributed by atoms with E-state index in [2.05, 4.69) is 23.6 Å². The molecular weight excluding hydrogens is 188 g/mol. The maximum absolute atomic E-state index is 9.68. The van der Waals surface area contributed by atoms with Gasteiger partial charge in [-0.3, -0.25) is 9.80 Å². The Bertz CT molecular complexity index is 220. The van der Waals surface area contributed by atoms with Crippen LogP contribution in [0.5, 0.6) is 0 Å². The first kappa shape index (κ1) is 11.4. The van der Waals surface area contributed by atoms with Crippen molar-refractivity contribution in [2.45, 2.75) is 57.8 Å². The van der Waals surface area contributed by atoms with Crippen LogP contribution >= 0.6 is 0 Å². The summed E-state index contributed by atoms with van der Waals surface area (Å²) in [5.41, 5.74) is 0. The van der Waals surface area contributed by atoms with E-state index < -0.39 is 0 Å². The van der Waals surface area contributed by atoms with Gasteiger partial charge in [-0.1, -0.05) is 0 Å². The molecule has 2 saturated heterocycles. The van der Waals surface area contributed by atoms with Crippen LogP contribution in [0.2, 0.25) is 0 Å². The lowest BCUT2D eigenvalue weighted by Gasteiger charge is -2.45. The smallest absolute Gasteiger partial charge is 0.0664 e. The topological polar surface area (TPSA) is 26.7 Å². The van der Waals surface area contributed by atoms with E-state index in [0.29, 0.717) is 12.1 Å². The van der Waals surface area contributed by atoms with Gasteiger partial charge < -0.3 is 5.11 Å². The van der Waals surface area contributed by atoms with Gasteiger partial charge in [0.05, 0.1) is 6.10 Å². The molecule has 0 spiro atoms. The van der Waals surface area contributed by atoms with Gasteiger partial charge in [-0.05, 0) is 40.2 Å². The van der Waals surface area contributed by atoms with Crippen LogP contribution < -0.4 is 0 Å². The highest BCUT2D eigenvalue weighted by atomic mass is 16.3. The average Bonchev–Trinajstić information content (AvgIpc) is 2.62. The summed E-state index contributed by atoms with van der Waals surface area (Å²) in [6.07, 6.45) is 2.48. The summed E-state index contributed by atoms with van der Waals surface area (Å²) in [5, 5.41) is 9.68. The lowest BCUT2D eigenvalue weighted by molar-refractivity contribution is -0.0102. The van der Waals surface area contributed by atoms with Gasteiger partial charge in [-0.15, -0.1) is 0 Å². The van der Waals surface area contributed by atoms with E-state index in [9.17, 15) is 5.11 Å². The summed E-state index contributed by atoms with van der Waals surface area (Å²) in [4.78, 5) is 5.10. The highest BCUT2D eigenvalue weighted by molar-refractivity contribution is 4.93. The van der Waals surface area contributed by atoms with Gasteiger partial charge in [-0.2, -0.15) is 0 Å². The number of piperazine rings is 1. The number of fused-ring (bicyclic) bond motifs is 1. The quantitative estimate of drug-likeness (QED) is 0.737. The number of hydrogen-bond donors (Lipinski definition) is 1. The second-order valence-electron chi connectivity index (χ2n) is 5.32. The minimum absolute atomic E-state index is 0.222. The molecule has 0 aromatic rings. The van der Waals surface area contributed by atoms with Crippen molar-refractivity contribution in [3.8, 4) is 0 Å². The third kappa shape index (κ3) is 2.19. The lowest BCUT2D eigenvalue weighted by Crippen LogP contribution is -2.59. The minimum Gasteiger partial charge on any atom is -0.392 e. The highest BCUT2D eigenvalue weighted by Crippen LogP contribution is 2.26. The summed E-state index contributed by atoms with van der Waals surface area (Å²) < 4.78 is 0. The van der Waals surface area contributed by atoms with Crippen LogP contribution in [-0.4, -0.2) is 58.8 Å². The molecule has 4 unspecified atom stereocenters. The maximum atomic E-state index is 9.68. The molecule has 1 N–H and O–H groups in total. The van der Waals surface area contributed by atoms with Crippen LogP contribution in [-0.2, 0) is 0 Å². The molecule has 2 rings (SSSR count). The summed E-state index contributed by atoms with van der Waals surface area (Å²) in [6.45, 7) is 9.94. The summed E-state index contributed by atoms with van der Waals surface area (Å²) in [5.74, 6) is 0. The van der Waals surface area contributed by atoms with Gasteiger partial charge in [0.1, 0.15) is 0 Å². The molecular formula is C12H24N2O. The van der Waals surface area contributed by atoms with Gasteiger partial charge in [0.2, 0.25) is 0 Å². The van der Waals surface area contributed by atoms with E-state index in [1.807, 2.05) is 6.92 Å². The second kappa shape index (κ2) is 4.40. The molecule has 0 aromatic carbocycles. The SMILES string of the molecule is CC(O)C(C)N1CC2CCCN2CC1C. The van der Waals surface area contributed by atoms with Crippen molar-refractivity contribution in [3.05, 3.63) is 0 Å². The number of aliphatic hydroxyl groups is 1. The van der Waals surface area contributed by atoms with E-state index in [1.54, 1.807) is 0 Å². The predicted octanol–water partition coefficient (Wildman–Crippen LogP) is 0.924. The number of nitrogens with zero attached hydrogens (tertiary/aromatic N) is 2. The number of hydrogen-bond acceptors (Lipinski definition) is 3. The van der Waals surface area contributed by atoms with Crippen LogP contribution in [0, 0.1) is 0 Å². The Labute approximate surface area is 93.1 Å². The van der Waals surface area contributed by atoms with E-state index in [1.165, 1.54) is 25.9 Å². The zero-order valence-electron chi connectivity index (χ0n) is 10.2. The molecule has 88 valence electrons. The molecule has 0 bridgehead atoms. The first-order valence-electron chi connectivity index (χ1n) is 6.27.